The highest BCUT2D eigenvalue weighted by molar-refractivity contribution is 7.16. The number of nitro benzene ring substituents is 1. The largest absolute Gasteiger partial charge is 0.493 e. The van der Waals surface area contributed by atoms with Gasteiger partial charge in [-0.3, -0.25) is 14.9 Å². The Kier molecular flexibility index (Phi) is 7.80. The maximum Gasteiger partial charge on any atom is 0.272 e. The molecule has 2 aromatic carbocycles. The summed E-state index contributed by atoms with van der Waals surface area (Å²) in [6.45, 7) is 0.836. The van der Waals surface area contributed by atoms with Crippen LogP contribution in [0, 0.1) is 10.1 Å². The third kappa shape index (κ3) is 5.38. The van der Waals surface area contributed by atoms with Crippen molar-refractivity contribution in [2.24, 2.45) is 4.99 Å². The zero-order valence-corrected chi connectivity index (χ0v) is 19.4. The molecule has 0 atom stereocenters. The number of non-ortho nitro benzene ring substituents is 1. The van der Waals surface area contributed by atoms with Crippen molar-refractivity contribution < 1.29 is 28.7 Å². The van der Waals surface area contributed by atoms with Crippen LogP contribution in [0.5, 0.6) is 17.2 Å². The van der Waals surface area contributed by atoms with Crippen molar-refractivity contribution in [3.63, 3.8) is 0 Å². The lowest BCUT2D eigenvalue weighted by atomic mass is 10.1. The molecule has 0 aliphatic rings. The minimum atomic E-state index is -0.490. The molecule has 1 heterocycles. The summed E-state index contributed by atoms with van der Waals surface area (Å²) in [5, 5.41) is 11.1. The van der Waals surface area contributed by atoms with E-state index < -0.39 is 10.8 Å². The molecule has 0 aliphatic heterocycles. The molecule has 3 aromatic rings. The molecule has 33 heavy (non-hydrogen) atoms. The van der Waals surface area contributed by atoms with Crippen molar-refractivity contribution >= 4 is 39.2 Å². The minimum Gasteiger partial charge on any atom is -0.493 e. The van der Waals surface area contributed by atoms with E-state index in [2.05, 4.69) is 4.99 Å². The predicted octanol–water partition coefficient (Wildman–Crippen LogP) is 3.42. The Morgan fingerprint density at radius 3 is 2.39 bits per heavy atom. The van der Waals surface area contributed by atoms with Gasteiger partial charge in [0.05, 0.1) is 43.1 Å². The highest BCUT2D eigenvalue weighted by atomic mass is 32.1. The Labute approximate surface area is 193 Å². The smallest absolute Gasteiger partial charge is 0.272 e. The molecule has 3 rings (SSSR count). The van der Waals surface area contributed by atoms with Gasteiger partial charge in [-0.15, -0.1) is 0 Å². The van der Waals surface area contributed by atoms with Gasteiger partial charge in [-0.05, 0) is 29.8 Å². The lowest BCUT2D eigenvalue weighted by Crippen LogP contribution is -2.18. The van der Waals surface area contributed by atoms with Gasteiger partial charge < -0.3 is 23.5 Å². The van der Waals surface area contributed by atoms with Gasteiger partial charge in [0.15, 0.2) is 16.3 Å². The van der Waals surface area contributed by atoms with Gasteiger partial charge >= 0.3 is 0 Å². The van der Waals surface area contributed by atoms with Crippen LogP contribution in [0.2, 0.25) is 0 Å². The number of nitrogens with zero attached hydrogens (tertiary/aromatic N) is 3. The number of benzene rings is 2. The fourth-order valence-electron chi connectivity index (χ4n) is 3.16. The average molecular weight is 474 g/mol. The first-order valence-electron chi connectivity index (χ1n) is 9.75. The van der Waals surface area contributed by atoms with Crippen molar-refractivity contribution in [1.29, 1.82) is 0 Å². The molecular formula is C22H23N3O7S. The topological polar surface area (TPSA) is 114 Å². The van der Waals surface area contributed by atoms with E-state index in [-0.39, 0.29) is 5.69 Å². The van der Waals surface area contributed by atoms with Gasteiger partial charge in [0.2, 0.25) is 5.75 Å². The van der Waals surface area contributed by atoms with Crippen LogP contribution in [0.1, 0.15) is 5.56 Å². The van der Waals surface area contributed by atoms with E-state index in [9.17, 15) is 14.9 Å². The van der Waals surface area contributed by atoms with Crippen LogP contribution in [0.4, 0.5) is 5.69 Å². The second-order valence-electron chi connectivity index (χ2n) is 6.68. The number of thiazole rings is 1. The number of rotatable bonds is 9. The third-order valence-corrected chi connectivity index (χ3v) is 5.75. The van der Waals surface area contributed by atoms with Crippen molar-refractivity contribution in [2.45, 2.75) is 6.54 Å². The molecule has 0 radical (unpaired) electrons. The molecule has 0 N–H and O–H groups in total. The lowest BCUT2D eigenvalue weighted by molar-refractivity contribution is -0.384. The maximum absolute atomic E-state index is 12.6. The van der Waals surface area contributed by atoms with Crippen molar-refractivity contribution in [1.82, 2.24) is 4.57 Å². The molecule has 0 unspecified atom stereocenters. The number of ether oxygens (including phenoxy) is 4. The number of nitro groups is 1. The molecule has 174 valence electrons. The third-order valence-electron chi connectivity index (χ3n) is 4.71. The van der Waals surface area contributed by atoms with E-state index in [1.165, 1.54) is 50.9 Å². The minimum absolute atomic E-state index is 0.0252. The Hall–Kier alpha value is -3.70. The number of carbonyl (C=O) groups is 1. The first kappa shape index (κ1) is 24.0. The van der Waals surface area contributed by atoms with Crippen LogP contribution >= 0.6 is 11.3 Å². The van der Waals surface area contributed by atoms with E-state index >= 15 is 0 Å². The van der Waals surface area contributed by atoms with Crippen LogP contribution in [0.15, 0.2) is 41.4 Å². The Balaban J connectivity index is 1.98. The van der Waals surface area contributed by atoms with E-state index in [0.717, 1.165) is 5.52 Å². The summed E-state index contributed by atoms with van der Waals surface area (Å²) < 4.78 is 23.6. The zero-order chi connectivity index (χ0) is 24.0. The quantitative estimate of drug-likeness (QED) is 0.266. The molecule has 11 heteroatoms. The highest BCUT2D eigenvalue weighted by Gasteiger charge is 2.14. The second-order valence-corrected chi connectivity index (χ2v) is 7.69. The first-order valence-corrected chi connectivity index (χ1v) is 10.6. The fourth-order valence-corrected chi connectivity index (χ4v) is 4.25. The van der Waals surface area contributed by atoms with Crippen molar-refractivity contribution in [3.05, 3.63) is 56.9 Å². The van der Waals surface area contributed by atoms with Gasteiger partial charge in [0.25, 0.3) is 11.6 Å². The number of hydrogen-bond donors (Lipinski definition) is 0. The van der Waals surface area contributed by atoms with Crippen molar-refractivity contribution in [3.8, 4) is 17.2 Å². The lowest BCUT2D eigenvalue weighted by Gasteiger charge is -2.12. The number of hydrogen-bond acceptors (Lipinski definition) is 8. The molecule has 0 saturated heterocycles. The molecule has 0 saturated carbocycles. The molecule has 10 nitrogen and oxygen atoms in total. The van der Waals surface area contributed by atoms with Crippen molar-refractivity contribution in [2.75, 3.05) is 35.0 Å². The standard InChI is InChI=1S/C22H23N3O7S/c1-29-10-9-24-16-7-6-15(25(27)28)13-19(16)33-22(24)23-20(26)8-5-14-11-17(30-2)21(32-4)18(12-14)31-3/h5-8,11-13H,9-10H2,1-4H3. The van der Waals surface area contributed by atoms with Crippen LogP contribution in [-0.2, 0) is 16.1 Å². The Morgan fingerprint density at radius 1 is 1.12 bits per heavy atom. The molecule has 0 fully saturated rings. The van der Waals surface area contributed by atoms with Crippen LogP contribution in [-0.4, -0.2) is 50.4 Å². The predicted molar refractivity (Wildman–Crippen MR) is 124 cm³/mol. The molecular weight excluding hydrogens is 450 g/mol. The van der Waals surface area contributed by atoms with E-state index in [1.807, 2.05) is 0 Å². The number of fused-ring (bicyclic) bond motifs is 1. The first-order chi connectivity index (χ1) is 15.9. The van der Waals surface area contributed by atoms with E-state index in [1.54, 1.807) is 36.0 Å². The zero-order valence-electron chi connectivity index (χ0n) is 18.6. The molecule has 0 aliphatic carbocycles. The normalized spacial score (nSPS) is 11.8. The van der Waals surface area contributed by atoms with Gasteiger partial charge in [0, 0.05) is 31.9 Å². The van der Waals surface area contributed by atoms with Gasteiger partial charge in [-0.1, -0.05) is 11.3 Å². The van der Waals surface area contributed by atoms with Crippen LogP contribution in [0.3, 0.4) is 0 Å². The summed E-state index contributed by atoms with van der Waals surface area (Å²) in [5.41, 5.74) is 1.37. The number of carbonyl (C=O) groups excluding carboxylic acids is 1. The summed E-state index contributed by atoms with van der Waals surface area (Å²) in [7, 11) is 6.10. The van der Waals surface area contributed by atoms with Crippen LogP contribution < -0.4 is 19.0 Å². The fraction of sp³-hybridized carbons (Fsp3) is 0.273. The van der Waals surface area contributed by atoms with Gasteiger partial charge in [0.1, 0.15) is 0 Å². The monoisotopic (exact) mass is 473 g/mol. The number of methoxy groups -OCH3 is 4. The summed E-state index contributed by atoms with van der Waals surface area (Å²) in [6.07, 6.45) is 2.92. The number of aromatic nitrogens is 1. The molecule has 1 amide bonds. The van der Waals surface area contributed by atoms with Crippen LogP contribution in [0.25, 0.3) is 16.3 Å². The highest BCUT2D eigenvalue weighted by Crippen LogP contribution is 2.38. The Bertz CT molecular complexity index is 1250. The van der Waals surface area contributed by atoms with E-state index in [0.29, 0.717) is 45.5 Å². The summed E-state index contributed by atoms with van der Waals surface area (Å²) >= 11 is 1.20. The van der Waals surface area contributed by atoms with Gasteiger partial charge in [-0.25, -0.2) is 0 Å². The summed E-state index contributed by atoms with van der Waals surface area (Å²) in [6, 6.07) is 7.96. The Morgan fingerprint density at radius 2 is 1.82 bits per heavy atom. The summed E-state index contributed by atoms with van der Waals surface area (Å²) in [4.78, 5) is 27.9. The maximum atomic E-state index is 12.6. The second kappa shape index (κ2) is 10.7. The summed E-state index contributed by atoms with van der Waals surface area (Å²) in [5.74, 6) is 0.886. The van der Waals surface area contributed by atoms with E-state index in [4.69, 9.17) is 18.9 Å². The SMILES string of the molecule is COCCn1c(=NC(=O)C=Cc2cc(OC)c(OC)c(OC)c2)sc2cc([N+](=O)[O-])ccc21. The molecule has 0 bridgehead atoms. The number of amides is 1. The average Bonchev–Trinajstić information content (AvgIpc) is 3.16. The molecule has 1 aromatic heterocycles. The van der Waals surface area contributed by atoms with Gasteiger partial charge in [-0.2, -0.15) is 4.99 Å². The molecule has 0 spiro atoms.